The Kier molecular flexibility index (Phi) is 88.4. The Hall–Kier alpha value is 1.86. The summed E-state index contributed by atoms with van der Waals surface area (Å²) in [6.45, 7) is 0. The second kappa shape index (κ2) is 20.9. The average Bonchev–Trinajstić information content (AvgIpc) is 1.00. The second-order valence-corrected chi connectivity index (χ2v) is 0. The van der Waals surface area contributed by atoms with Crippen LogP contribution in [0.5, 0.6) is 0 Å². The van der Waals surface area contributed by atoms with Gasteiger partial charge in [-0.15, -0.1) is 0 Å². The van der Waals surface area contributed by atoms with E-state index in [-0.39, 0.29) is 62.6 Å². The quantitative estimate of drug-likeness (QED) is 0.437. The monoisotopic (exact) mass is 214 g/mol. The third-order valence-corrected chi connectivity index (χ3v) is 0. The van der Waals surface area contributed by atoms with Gasteiger partial charge in [-0.05, 0) is 0 Å². The zero-order chi connectivity index (χ0) is 2.00. The fourth-order valence-corrected chi connectivity index (χ4v) is 0. The second-order valence-electron chi connectivity index (χ2n) is 0. The van der Waals surface area contributed by atoms with Crippen molar-refractivity contribution in [3.8, 4) is 0 Å². The number of rotatable bonds is 0. The van der Waals surface area contributed by atoms with E-state index in [0.29, 0.717) is 0 Å². The molecule has 0 amide bonds. The van der Waals surface area contributed by atoms with Crippen LogP contribution in [0.2, 0.25) is 0 Å². The van der Waals surface area contributed by atoms with Gasteiger partial charge in [-0.1, -0.05) is 0 Å². The molecule has 0 saturated heterocycles. The molecule has 0 atom stereocenters. The van der Waals surface area contributed by atoms with E-state index >= 15 is 0 Å². The van der Waals surface area contributed by atoms with Crippen LogP contribution in [0.3, 0.4) is 0 Å². The summed E-state index contributed by atoms with van der Waals surface area (Å²) in [6, 6.07) is 0. The first kappa shape index (κ1) is 16.9. The fraction of sp³-hybridized carbons (Fsp3) is 0. The van der Waals surface area contributed by atoms with Crippen molar-refractivity contribution in [1.29, 1.82) is 0 Å². The van der Waals surface area contributed by atoms with Gasteiger partial charge in [0.15, 0.2) is 0 Å². The Morgan fingerprint density at radius 2 is 1.25 bits per heavy atom. The van der Waals surface area contributed by atoms with Gasteiger partial charge in [0.05, 0.1) is 0 Å². The summed E-state index contributed by atoms with van der Waals surface area (Å²) >= 11 is 0.125. The van der Waals surface area contributed by atoms with E-state index in [0.717, 1.165) is 0 Å². The van der Waals surface area contributed by atoms with Gasteiger partial charge in [0, 0.05) is 27.3 Å². The zero-order valence-electron chi connectivity index (χ0n) is 1.82. The van der Waals surface area contributed by atoms with Crippen LogP contribution in [0.25, 0.3) is 0 Å². The van der Waals surface area contributed by atoms with Crippen molar-refractivity contribution in [2.75, 3.05) is 0 Å². The topological polar surface area (TPSA) is 17.1 Å². The van der Waals surface area contributed by atoms with E-state index < -0.39 is 0 Å². The van der Waals surface area contributed by atoms with Crippen molar-refractivity contribution in [3.63, 3.8) is 0 Å². The molecule has 0 saturated carbocycles. The molecule has 16 valence electrons. The summed E-state index contributed by atoms with van der Waals surface area (Å²) < 4.78 is 8.38. The van der Waals surface area contributed by atoms with Crippen LogP contribution in [-0.4, -0.2) is 35.3 Å². The molecule has 0 spiro atoms. The molecule has 0 N–H and O–H groups in total. The van der Waals surface area contributed by atoms with Crippen molar-refractivity contribution in [3.05, 3.63) is 0 Å². The first-order chi connectivity index (χ1) is 1.00. The maximum absolute atomic E-state index is 8.38. The third-order valence-electron chi connectivity index (χ3n) is 0. The van der Waals surface area contributed by atoms with E-state index in [1.54, 1.807) is 0 Å². The van der Waals surface area contributed by atoms with Crippen molar-refractivity contribution in [1.82, 2.24) is 0 Å². The standard InChI is InChI=1S/Cd.GeH2O.Li.H/c;1-2;;/h;1H2;;. The van der Waals surface area contributed by atoms with Gasteiger partial charge in [-0.25, -0.2) is 0 Å². The number of hydrogen-bond donors (Lipinski definition) is 0. The minimum atomic E-state index is 0. The van der Waals surface area contributed by atoms with E-state index in [9.17, 15) is 0 Å². The van der Waals surface area contributed by atoms with Crippen LogP contribution < -0.4 is 0 Å². The molecule has 0 aromatic carbocycles. The predicted molar refractivity (Wildman–Crippen MR) is 16.4 cm³/mol. The van der Waals surface area contributed by atoms with Crippen molar-refractivity contribution < 1.29 is 31.1 Å². The van der Waals surface area contributed by atoms with Crippen molar-refractivity contribution in [2.24, 2.45) is 0 Å². The van der Waals surface area contributed by atoms with Gasteiger partial charge in [0.25, 0.3) is 0 Å². The van der Waals surface area contributed by atoms with E-state index in [2.05, 4.69) is 0 Å². The molecule has 0 fully saturated rings. The molecule has 4 heteroatoms. The molecular formula is H3CdGeLiO. The Bertz CT molecular complexity index is 8.00. The molecule has 0 aliphatic heterocycles. The van der Waals surface area contributed by atoms with Crippen LogP contribution in [0.4, 0.5) is 0 Å². The summed E-state index contributed by atoms with van der Waals surface area (Å²) in [5, 5.41) is 0. The van der Waals surface area contributed by atoms with E-state index in [1.165, 1.54) is 0 Å². The average molecular weight is 211 g/mol. The van der Waals surface area contributed by atoms with E-state index in [4.69, 9.17) is 3.78 Å². The molecule has 0 aliphatic carbocycles. The Labute approximate surface area is 65.7 Å². The molecule has 4 heavy (non-hydrogen) atoms. The normalized spacial score (nSPS) is 1.00. The molecule has 0 aromatic rings. The van der Waals surface area contributed by atoms with Gasteiger partial charge < -0.3 is 0 Å². The van der Waals surface area contributed by atoms with Crippen molar-refractivity contribution in [2.45, 2.75) is 0 Å². The van der Waals surface area contributed by atoms with Crippen LogP contribution in [0.1, 0.15) is 0 Å². The van der Waals surface area contributed by atoms with Gasteiger partial charge in [-0.3, -0.25) is 0 Å². The third kappa shape index (κ3) is 9.12. The number of hydrogen-bond acceptors (Lipinski definition) is 1. The summed E-state index contributed by atoms with van der Waals surface area (Å²) in [5.41, 5.74) is 0. The SMILES string of the molecule is [Cd].[LiH].[O]=[GeH2]. The van der Waals surface area contributed by atoms with Crippen LogP contribution in [0.15, 0.2) is 0 Å². The zero-order valence-corrected chi connectivity index (χ0v) is 8.83. The molecule has 0 bridgehead atoms. The van der Waals surface area contributed by atoms with Crippen LogP contribution in [-0.2, 0) is 31.1 Å². The van der Waals surface area contributed by atoms with Gasteiger partial charge in [0.1, 0.15) is 0 Å². The molecule has 0 aromatic heterocycles. The van der Waals surface area contributed by atoms with Crippen LogP contribution >= 0.6 is 0 Å². The Balaban J connectivity index is -0.00000000500. The van der Waals surface area contributed by atoms with Gasteiger partial charge >= 0.3 is 39.1 Å². The summed E-state index contributed by atoms with van der Waals surface area (Å²) in [5.74, 6) is 0. The molecular weight excluding hydrogens is 208 g/mol. The predicted octanol–water partition coefficient (Wildman–Crippen LogP) is -1.69. The Morgan fingerprint density at radius 1 is 1.25 bits per heavy atom. The first-order valence-corrected chi connectivity index (χ1v) is 1.50. The molecule has 0 unspecified atom stereocenters. The molecule has 1 nitrogen and oxygen atoms in total. The van der Waals surface area contributed by atoms with Gasteiger partial charge in [-0.2, -0.15) is 0 Å². The van der Waals surface area contributed by atoms with Crippen LogP contribution in [0, 0.1) is 0 Å². The van der Waals surface area contributed by atoms with E-state index in [1.807, 2.05) is 0 Å². The summed E-state index contributed by atoms with van der Waals surface area (Å²) in [7, 11) is 0. The molecule has 0 radical (unpaired) electrons. The van der Waals surface area contributed by atoms with Gasteiger partial charge in [0.2, 0.25) is 0 Å². The minimum absolute atomic E-state index is 0. The first-order valence-electron chi connectivity index (χ1n) is 0.289. The molecule has 0 rings (SSSR count). The maximum atomic E-state index is 8.38. The summed E-state index contributed by atoms with van der Waals surface area (Å²) in [4.78, 5) is 0. The summed E-state index contributed by atoms with van der Waals surface area (Å²) in [6.07, 6.45) is 0. The molecule has 0 aliphatic rings. The fourth-order valence-electron chi connectivity index (χ4n) is 0. The Morgan fingerprint density at radius 3 is 1.25 bits per heavy atom. The van der Waals surface area contributed by atoms with Crippen molar-refractivity contribution >= 4 is 35.3 Å². The molecule has 0 heterocycles.